The number of methoxy groups -OCH3 is 1. The first-order chi connectivity index (χ1) is 14.1. The van der Waals surface area contributed by atoms with Crippen molar-refractivity contribution >= 4 is 5.97 Å². The SMILES string of the molecule is COC(=O)c1cc(-c2ncc(F)cc2OCc2cc(F)cc(C(C)(C)O)c2)n(C)c1. The zero-order valence-corrected chi connectivity index (χ0v) is 17.1. The van der Waals surface area contributed by atoms with Gasteiger partial charge in [-0.05, 0) is 49.2 Å². The number of benzene rings is 1. The van der Waals surface area contributed by atoms with E-state index in [1.54, 1.807) is 43.8 Å². The van der Waals surface area contributed by atoms with Crippen LogP contribution in [0.25, 0.3) is 11.4 Å². The molecule has 0 amide bonds. The van der Waals surface area contributed by atoms with Gasteiger partial charge in [0.05, 0.1) is 30.2 Å². The fourth-order valence-electron chi connectivity index (χ4n) is 3.00. The maximum absolute atomic E-state index is 14.0. The predicted molar refractivity (Wildman–Crippen MR) is 106 cm³/mol. The number of halogens is 2. The summed E-state index contributed by atoms with van der Waals surface area (Å²) in [4.78, 5) is 15.9. The number of aryl methyl sites for hydroxylation is 1. The summed E-state index contributed by atoms with van der Waals surface area (Å²) in [6, 6.07) is 6.88. The van der Waals surface area contributed by atoms with Crippen LogP contribution in [0.15, 0.2) is 42.7 Å². The molecule has 1 N–H and O–H groups in total. The van der Waals surface area contributed by atoms with Crippen LogP contribution in [-0.4, -0.2) is 27.7 Å². The van der Waals surface area contributed by atoms with Gasteiger partial charge in [-0.2, -0.15) is 0 Å². The van der Waals surface area contributed by atoms with Gasteiger partial charge in [0.1, 0.15) is 23.9 Å². The van der Waals surface area contributed by atoms with Crippen LogP contribution in [0.1, 0.15) is 35.3 Å². The van der Waals surface area contributed by atoms with E-state index in [0.29, 0.717) is 28.1 Å². The minimum atomic E-state index is -1.23. The summed E-state index contributed by atoms with van der Waals surface area (Å²) in [6.07, 6.45) is 2.61. The quantitative estimate of drug-likeness (QED) is 0.616. The number of hydrogen-bond acceptors (Lipinski definition) is 5. The summed E-state index contributed by atoms with van der Waals surface area (Å²) in [7, 11) is 2.99. The number of rotatable bonds is 6. The molecular formula is C22H22F2N2O4. The normalized spacial score (nSPS) is 11.4. The molecule has 0 aliphatic heterocycles. The van der Waals surface area contributed by atoms with E-state index < -0.39 is 23.2 Å². The number of ether oxygens (including phenoxy) is 2. The van der Waals surface area contributed by atoms with E-state index in [1.807, 2.05) is 0 Å². The average Bonchev–Trinajstić information content (AvgIpc) is 3.06. The highest BCUT2D eigenvalue weighted by Gasteiger charge is 2.19. The van der Waals surface area contributed by atoms with Gasteiger partial charge in [-0.15, -0.1) is 0 Å². The maximum Gasteiger partial charge on any atom is 0.339 e. The van der Waals surface area contributed by atoms with Crippen molar-refractivity contribution in [1.82, 2.24) is 9.55 Å². The van der Waals surface area contributed by atoms with Crippen LogP contribution in [-0.2, 0) is 24.0 Å². The number of aliphatic hydroxyl groups is 1. The molecule has 0 fully saturated rings. The van der Waals surface area contributed by atoms with Crippen molar-refractivity contribution in [3.63, 3.8) is 0 Å². The number of carbonyl (C=O) groups excluding carboxylic acids is 1. The highest BCUT2D eigenvalue weighted by atomic mass is 19.1. The lowest BCUT2D eigenvalue weighted by atomic mass is 9.96. The molecule has 158 valence electrons. The third kappa shape index (κ3) is 4.65. The first-order valence-electron chi connectivity index (χ1n) is 9.14. The molecule has 30 heavy (non-hydrogen) atoms. The molecule has 0 bridgehead atoms. The molecule has 2 aromatic heterocycles. The Hall–Kier alpha value is -3.26. The van der Waals surface area contributed by atoms with Gasteiger partial charge in [0.25, 0.3) is 0 Å². The molecule has 1 aromatic carbocycles. The van der Waals surface area contributed by atoms with Gasteiger partial charge in [0, 0.05) is 19.3 Å². The summed E-state index contributed by atoms with van der Waals surface area (Å²) < 4.78 is 39.9. The number of carbonyl (C=O) groups is 1. The van der Waals surface area contributed by atoms with Crippen molar-refractivity contribution in [2.75, 3.05) is 7.11 Å². The lowest BCUT2D eigenvalue weighted by molar-refractivity contribution is 0.0600. The molecule has 6 nitrogen and oxygen atoms in total. The average molecular weight is 416 g/mol. The Kier molecular flexibility index (Phi) is 5.89. The Labute approximate surface area is 172 Å². The standard InChI is InChI=1S/C22H22F2N2O4/c1-22(2,28)15-5-13(6-16(23)8-15)12-30-19-9-17(24)10-25-20(19)18-7-14(11-26(18)3)21(27)29-4/h5-11,28H,12H2,1-4H3. The second kappa shape index (κ2) is 8.23. The van der Waals surface area contributed by atoms with Crippen molar-refractivity contribution in [3.05, 3.63) is 71.1 Å². The van der Waals surface area contributed by atoms with Crippen LogP contribution in [0.2, 0.25) is 0 Å². The molecule has 8 heteroatoms. The van der Waals surface area contributed by atoms with Crippen molar-refractivity contribution in [2.45, 2.75) is 26.1 Å². The van der Waals surface area contributed by atoms with Crippen molar-refractivity contribution in [2.24, 2.45) is 7.05 Å². The van der Waals surface area contributed by atoms with E-state index in [1.165, 1.54) is 25.3 Å². The van der Waals surface area contributed by atoms with Gasteiger partial charge < -0.3 is 19.1 Å². The summed E-state index contributed by atoms with van der Waals surface area (Å²) >= 11 is 0. The summed E-state index contributed by atoms with van der Waals surface area (Å²) in [5.41, 5.74) is 0.769. The molecule has 0 aliphatic rings. The molecule has 0 saturated carbocycles. The van der Waals surface area contributed by atoms with Gasteiger partial charge in [-0.1, -0.05) is 0 Å². The highest BCUT2D eigenvalue weighted by Crippen LogP contribution is 2.31. The molecule has 0 unspecified atom stereocenters. The third-order valence-corrected chi connectivity index (χ3v) is 4.55. The van der Waals surface area contributed by atoms with Crippen molar-refractivity contribution < 1.29 is 28.2 Å². The third-order valence-electron chi connectivity index (χ3n) is 4.55. The van der Waals surface area contributed by atoms with E-state index in [-0.39, 0.29) is 12.4 Å². The fourth-order valence-corrected chi connectivity index (χ4v) is 3.00. The van der Waals surface area contributed by atoms with Crippen LogP contribution in [0.4, 0.5) is 8.78 Å². The Bertz CT molecular complexity index is 1090. The maximum atomic E-state index is 14.0. The predicted octanol–water partition coefficient (Wildman–Crippen LogP) is 3.96. The molecular weight excluding hydrogens is 394 g/mol. The van der Waals surface area contributed by atoms with Gasteiger partial charge >= 0.3 is 5.97 Å². The Morgan fingerprint density at radius 1 is 1.17 bits per heavy atom. The minimum Gasteiger partial charge on any atom is -0.486 e. The van der Waals surface area contributed by atoms with Gasteiger partial charge in [0.2, 0.25) is 0 Å². The monoisotopic (exact) mass is 416 g/mol. The van der Waals surface area contributed by atoms with Gasteiger partial charge in [0.15, 0.2) is 5.75 Å². The first kappa shape index (κ1) is 21.4. The number of aromatic nitrogens is 2. The fraction of sp³-hybridized carbons (Fsp3) is 0.273. The molecule has 2 heterocycles. The molecule has 0 radical (unpaired) electrons. The van der Waals surface area contributed by atoms with E-state index >= 15 is 0 Å². The summed E-state index contributed by atoms with van der Waals surface area (Å²) in [5, 5.41) is 10.1. The summed E-state index contributed by atoms with van der Waals surface area (Å²) in [6.45, 7) is 3.03. The second-order valence-electron chi connectivity index (χ2n) is 7.41. The molecule has 0 aliphatic carbocycles. The van der Waals surface area contributed by atoms with E-state index in [2.05, 4.69) is 4.98 Å². The highest BCUT2D eigenvalue weighted by molar-refractivity contribution is 5.91. The zero-order chi connectivity index (χ0) is 22.1. The minimum absolute atomic E-state index is 0.0761. The lowest BCUT2D eigenvalue weighted by Gasteiger charge is -2.19. The van der Waals surface area contributed by atoms with E-state index in [0.717, 1.165) is 6.20 Å². The van der Waals surface area contributed by atoms with Crippen LogP contribution >= 0.6 is 0 Å². The Balaban J connectivity index is 1.94. The Morgan fingerprint density at radius 3 is 2.57 bits per heavy atom. The topological polar surface area (TPSA) is 73.6 Å². The van der Waals surface area contributed by atoms with Gasteiger partial charge in [-0.3, -0.25) is 0 Å². The van der Waals surface area contributed by atoms with Crippen molar-refractivity contribution in [1.29, 1.82) is 0 Å². The molecule has 3 aromatic rings. The second-order valence-corrected chi connectivity index (χ2v) is 7.41. The van der Waals surface area contributed by atoms with Gasteiger partial charge in [-0.25, -0.2) is 18.6 Å². The van der Waals surface area contributed by atoms with Crippen molar-refractivity contribution in [3.8, 4) is 17.1 Å². The van der Waals surface area contributed by atoms with Crippen LogP contribution < -0.4 is 4.74 Å². The smallest absolute Gasteiger partial charge is 0.339 e. The molecule has 0 saturated heterocycles. The zero-order valence-electron chi connectivity index (χ0n) is 17.1. The van der Waals surface area contributed by atoms with Crippen LogP contribution in [0.5, 0.6) is 5.75 Å². The summed E-state index contributed by atoms with van der Waals surface area (Å²) in [5.74, 6) is -1.51. The number of esters is 1. The lowest BCUT2D eigenvalue weighted by Crippen LogP contribution is -2.16. The number of pyridine rings is 1. The number of nitrogens with zero attached hydrogens (tertiary/aromatic N) is 2. The number of hydrogen-bond donors (Lipinski definition) is 1. The molecule has 0 atom stereocenters. The molecule has 3 rings (SSSR count). The van der Waals surface area contributed by atoms with Crippen LogP contribution in [0.3, 0.4) is 0 Å². The largest absolute Gasteiger partial charge is 0.486 e. The van der Waals surface area contributed by atoms with E-state index in [4.69, 9.17) is 9.47 Å². The first-order valence-corrected chi connectivity index (χ1v) is 9.14. The van der Waals surface area contributed by atoms with E-state index in [9.17, 15) is 18.7 Å². The van der Waals surface area contributed by atoms with Crippen LogP contribution in [0, 0.1) is 11.6 Å². The molecule has 0 spiro atoms. The Morgan fingerprint density at radius 2 is 1.90 bits per heavy atom.